The minimum Gasteiger partial charge on any atom is -0.481 e. The smallest absolute Gasteiger partial charge is 0.481 e. The van der Waals surface area contributed by atoms with Crippen LogP contribution in [0.25, 0.3) is 0 Å². The molecule has 0 radical (unpaired) electrons. The molecule has 0 aliphatic carbocycles. The first kappa shape index (κ1) is 34.5. The first-order valence-electron chi connectivity index (χ1n) is 12.6. The van der Waals surface area contributed by atoms with E-state index in [1.54, 1.807) is 0 Å². The zero-order chi connectivity index (χ0) is 28.4. The monoisotopic (exact) mass is 545 g/mol. The minimum atomic E-state index is -2.79. The highest BCUT2D eigenvalue weighted by Gasteiger charge is 2.39. The molecule has 0 saturated heterocycles. The molecule has 1 unspecified atom stereocenters. The molecule has 0 bridgehead atoms. The van der Waals surface area contributed by atoms with E-state index in [4.69, 9.17) is 22.8 Å². The number of aliphatic carboxylic acids is 1. The topological polar surface area (TPSA) is 147 Å². The number of rotatable bonds is 21. The third-order valence-corrected chi connectivity index (χ3v) is 8.22. The number of carbonyl (C=O) groups is 4. The molecule has 1 amide bonds. The maximum absolute atomic E-state index is 12.3. The van der Waals surface area contributed by atoms with E-state index in [9.17, 15) is 24.3 Å². The van der Waals surface area contributed by atoms with Crippen molar-refractivity contribution in [1.82, 2.24) is 5.32 Å². The number of amides is 1. The molecule has 212 valence electrons. The summed E-state index contributed by atoms with van der Waals surface area (Å²) in [6, 6.07) is 0.549. The number of carboxylic acids is 1. The van der Waals surface area contributed by atoms with Gasteiger partial charge in [0.05, 0.1) is 5.92 Å². The fraction of sp³-hybridized carbons (Fsp3) is 0.680. The lowest BCUT2D eigenvalue weighted by Crippen LogP contribution is -2.46. The fourth-order valence-electron chi connectivity index (χ4n) is 3.24. The van der Waals surface area contributed by atoms with Crippen molar-refractivity contribution >= 4 is 32.6 Å². The van der Waals surface area contributed by atoms with Crippen molar-refractivity contribution < 1.29 is 47.0 Å². The van der Waals surface area contributed by atoms with Crippen LogP contribution in [0.1, 0.15) is 66.7 Å². The van der Waals surface area contributed by atoms with Crippen LogP contribution < -0.4 is 5.32 Å². The molecule has 0 aromatic heterocycles. The zero-order valence-electron chi connectivity index (χ0n) is 22.8. The van der Waals surface area contributed by atoms with Crippen LogP contribution in [0.2, 0.25) is 6.04 Å². The Balaban J connectivity index is 4.81. The highest BCUT2D eigenvalue weighted by molar-refractivity contribution is 6.60. The number of hydrogen-bond donors (Lipinski definition) is 2. The third-order valence-electron chi connectivity index (χ3n) is 5.07. The van der Waals surface area contributed by atoms with Gasteiger partial charge in [0.1, 0.15) is 0 Å². The highest BCUT2D eigenvalue weighted by Crippen LogP contribution is 2.20. The van der Waals surface area contributed by atoms with Crippen LogP contribution in [0.3, 0.4) is 0 Å². The molecule has 0 aromatic carbocycles. The standard InChI is InChI=1S/C25H43NO10Si/c1-8-32-37(33-9-2,34-10-3)17-11-16-26-21(27)14-12-20(23(28)29)13-15-22(35-24(30)18(4)5)36-25(31)19(6)7/h20,22H,4,6,8-17H2,1-3,5,7H3,(H,26,27)(H,28,29). The number of esters is 2. The van der Waals surface area contributed by atoms with Crippen LogP contribution in [0, 0.1) is 5.92 Å². The molecule has 1 atom stereocenters. The molecule has 12 heteroatoms. The summed E-state index contributed by atoms with van der Waals surface area (Å²) in [7, 11) is -2.79. The lowest BCUT2D eigenvalue weighted by molar-refractivity contribution is -0.183. The van der Waals surface area contributed by atoms with Crippen molar-refractivity contribution in [3.05, 3.63) is 24.3 Å². The summed E-state index contributed by atoms with van der Waals surface area (Å²) in [5.41, 5.74) is 0.206. The van der Waals surface area contributed by atoms with Gasteiger partial charge in [-0.15, -0.1) is 0 Å². The van der Waals surface area contributed by atoms with E-state index in [2.05, 4.69) is 18.5 Å². The maximum atomic E-state index is 12.3. The van der Waals surface area contributed by atoms with E-state index in [0.29, 0.717) is 38.8 Å². The van der Waals surface area contributed by atoms with Crippen LogP contribution in [-0.2, 0) is 41.9 Å². The third kappa shape index (κ3) is 14.7. The quantitative estimate of drug-likeness (QED) is 0.0723. The summed E-state index contributed by atoms with van der Waals surface area (Å²) in [6.07, 6.45) is -0.698. The van der Waals surface area contributed by atoms with E-state index < -0.39 is 38.9 Å². The van der Waals surface area contributed by atoms with Gasteiger partial charge >= 0.3 is 26.7 Å². The second kappa shape index (κ2) is 18.7. The Morgan fingerprint density at radius 3 is 1.73 bits per heavy atom. The molecule has 37 heavy (non-hydrogen) atoms. The Bertz CT molecular complexity index is 740. The number of carbonyl (C=O) groups excluding carboxylic acids is 3. The Morgan fingerprint density at radius 1 is 0.838 bits per heavy atom. The molecule has 0 saturated carbocycles. The average molecular weight is 546 g/mol. The predicted molar refractivity (Wildman–Crippen MR) is 138 cm³/mol. The molecule has 0 aliphatic heterocycles. The van der Waals surface area contributed by atoms with Gasteiger partial charge in [-0.2, -0.15) is 0 Å². The van der Waals surface area contributed by atoms with E-state index in [1.165, 1.54) is 13.8 Å². The van der Waals surface area contributed by atoms with Crippen molar-refractivity contribution in [3.8, 4) is 0 Å². The lowest BCUT2D eigenvalue weighted by atomic mass is 9.97. The lowest BCUT2D eigenvalue weighted by Gasteiger charge is -2.28. The Kier molecular flexibility index (Phi) is 17.4. The molecular formula is C25H43NO10Si. The first-order valence-corrected chi connectivity index (χ1v) is 14.5. The second-order valence-electron chi connectivity index (χ2n) is 8.39. The first-order chi connectivity index (χ1) is 17.4. The van der Waals surface area contributed by atoms with Crippen LogP contribution in [0.15, 0.2) is 24.3 Å². The van der Waals surface area contributed by atoms with Crippen LogP contribution in [0.4, 0.5) is 0 Å². The van der Waals surface area contributed by atoms with Crippen molar-refractivity contribution in [1.29, 1.82) is 0 Å². The van der Waals surface area contributed by atoms with Crippen LogP contribution >= 0.6 is 0 Å². The number of carboxylic acid groups (broad SMARTS) is 1. The van der Waals surface area contributed by atoms with Gasteiger partial charge in [0.25, 0.3) is 0 Å². The summed E-state index contributed by atoms with van der Waals surface area (Å²) in [4.78, 5) is 47.8. The number of hydrogen-bond acceptors (Lipinski definition) is 9. The van der Waals surface area contributed by atoms with Crippen LogP contribution in [0.5, 0.6) is 0 Å². The fourth-order valence-corrected chi connectivity index (χ4v) is 5.85. The van der Waals surface area contributed by atoms with Gasteiger partial charge in [-0.1, -0.05) is 13.2 Å². The molecule has 0 rings (SSSR count). The van der Waals surface area contributed by atoms with E-state index in [1.807, 2.05) is 20.8 Å². The SMILES string of the molecule is C=C(C)C(=O)OC(CCC(CCC(=O)NCCC[Si](OCC)(OCC)OCC)C(=O)O)OC(=O)C(=C)C. The summed E-state index contributed by atoms with van der Waals surface area (Å²) < 4.78 is 27.6. The van der Waals surface area contributed by atoms with E-state index in [-0.39, 0.29) is 42.7 Å². The van der Waals surface area contributed by atoms with E-state index >= 15 is 0 Å². The number of ether oxygens (including phenoxy) is 2. The van der Waals surface area contributed by atoms with Gasteiger partial charge in [0, 0.05) is 56.4 Å². The van der Waals surface area contributed by atoms with E-state index in [0.717, 1.165) is 0 Å². The largest absolute Gasteiger partial charge is 0.500 e. The normalized spacial score (nSPS) is 12.1. The van der Waals surface area contributed by atoms with Crippen LogP contribution in [-0.4, -0.2) is 70.4 Å². The van der Waals surface area contributed by atoms with Crippen molar-refractivity contribution in [2.24, 2.45) is 5.92 Å². The molecule has 2 N–H and O–H groups in total. The molecule has 0 spiro atoms. The average Bonchev–Trinajstić information content (AvgIpc) is 2.81. The van der Waals surface area contributed by atoms with Gasteiger partial charge in [-0.3, -0.25) is 9.59 Å². The number of nitrogens with one attached hydrogen (secondary N) is 1. The van der Waals surface area contributed by atoms with Gasteiger partial charge in [0.15, 0.2) is 0 Å². The molecule has 0 aromatic rings. The van der Waals surface area contributed by atoms with Gasteiger partial charge in [0.2, 0.25) is 12.2 Å². The molecule has 0 heterocycles. The summed E-state index contributed by atoms with van der Waals surface area (Å²) in [5.74, 6) is -3.84. The predicted octanol–water partition coefficient (Wildman–Crippen LogP) is 3.37. The van der Waals surface area contributed by atoms with Crippen molar-refractivity contribution in [3.63, 3.8) is 0 Å². The summed E-state index contributed by atoms with van der Waals surface area (Å²) in [5, 5.41) is 12.4. The van der Waals surface area contributed by atoms with Crippen molar-refractivity contribution in [2.75, 3.05) is 26.4 Å². The second-order valence-corrected chi connectivity index (χ2v) is 11.1. The van der Waals surface area contributed by atoms with Crippen molar-refractivity contribution in [2.45, 2.75) is 79.1 Å². The van der Waals surface area contributed by atoms with Gasteiger partial charge in [-0.25, -0.2) is 9.59 Å². The zero-order valence-corrected chi connectivity index (χ0v) is 23.8. The molecule has 11 nitrogen and oxygen atoms in total. The summed E-state index contributed by atoms with van der Waals surface area (Å²) in [6.45, 7) is 17.2. The Morgan fingerprint density at radius 2 is 1.32 bits per heavy atom. The van der Waals surface area contributed by atoms with Gasteiger partial charge < -0.3 is 33.2 Å². The molecule has 0 fully saturated rings. The highest BCUT2D eigenvalue weighted by atomic mass is 28.4. The summed E-state index contributed by atoms with van der Waals surface area (Å²) >= 11 is 0. The molecule has 0 aliphatic rings. The van der Waals surface area contributed by atoms with Gasteiger partial charge in [-0.05, 0) is 53.9 Å². The Labute approximate surface area is 220 Å². The minimum absolute atomic E-state index is 0.0102. The Hall–Kier alpha value is -2.54. The maximum Gasteiger partial charge on any atom is 0.500 e. The molecular weight excluding hydrogens is 502 g/mol.